The van der Waals surface area contributed by atoms with Crippen LogP contribution >= 0.6 is 11.6 Å². The summed E-state index contributed by atoms with van der Waals surface area (Å²) >= 11 is 6.13. The van der Waals surface area contributed by atoms with Gasteiger partial charge in [-0.2, -0.15) is 0 Å². The number of hydrogen-bond donors (Lipinski definition) is 1. The number of nitrogens with one attached hydrogen (secondary N) is 1. The van der Waals surface area contributed by atoms with Crippen molar-refractivity contribution in [1.82, 2.24) is 9.88 Å². The zero-order chi connectivity index (χ0) is 14.8. The Morgan fingerprint density at radius 3 is 2.90 bits per heavy atom. The molecule has 0 bridgehead atoms. The second-order valence-corrected chi connectivity index (χ2v) is 6.13. The van der Waals surface area contributed by atoms with Crippen LogP contribution in [0.2, 0.25) is 5.02 Å². The lowest BCUT2D eigenvalue weighted by molar-refractivity contribution is 0.495. The van der Waals surface area contributed by atoms with E-state index in [-0.39, 0.29) is 5.82 Å². The SMILES string of the molecule is CCNC(c1ccn(Cc2cc(F)ccc2Cl)c1)C1CC1. The molecule has 0 saturated heterocycles. The van der Waals surface area contributed by atoms with Crippen molar-refractivity contribution in [2.45, 2.75) is 32.4 Å². The predicted octanol–water partition coefficient (Wildman–Crippen LogP) is 4.39. The van der Waals surface area contributed by atoms with Crippen molar-refractivity contribution in [3.63, 3.8) is 0 Å². The molecule has 4 heteroatoms. The summed E-state index contributed by atoms with van der Waals surface area (Å²) in [5, 5.41) is 4.17. The molecule has 0 radical (unpaired) electrons. The molecule has 3 rings (SSSR count). The van der Waals surface area contributed by atoms with Crippen LogP contribution in [-0.4, -0.2) is 11.1 Å². The minimum absolute atomic E-state index is 0.245. The number of rotatable bonds is 6. The average Bonchev–Trinajstić information content (AvgIpc) is 3.20. The highest BCUT2D eigenvalue weighted by atomic mass is 35.5. The molecule has 1 atom stereocenters. The Morgan fingerprint density at radius 1 is 1.38 bits per heavy atom. The van der Waals surface area contributed by atoms with E-state index in [0.29, 0.717) is 17.6 Å². The molecule has 1 unspecified atom stereocenters. The molecule has 2 aromatic rings. The topological polar surface area (TPSA) is 17.0 Å². The first kappa shape index (κ1) is 14.6. The van der Waals surface area contributed by atoms with Gasteiger partial charge in [0.1, 0.15) is 5.82 Å². The van der Waals surface area contributed by atoms with Crippen LogP contribution in [0.3, 0.4) is 0 Å². The molecule has 2 nitrogen and oxygen atoms in total. The lowest BCUT2D eigenvalue weighted by atomic mass is 10.1. The van der Waals surface area contributed by atoms with E-state index >= 15 is 0 Å². The van der Waals surface area contributed by atoms with Gasteiger partial charge in [-0.25, -0.2) is 4.39 Å². The van der Waals surface area contributed by atoms with Crippen molar-refractivity contribution in [2.75, 3.05) is 6.54 Å². The van der Waals surface area contributed by atoms with Crippen LogP contribution in [0.25, 0.3) is 0 Å². The fourth-order valence-electron chi connectivity index (χ4n) is 2.81. The quantitative estimate of drug-likeness (QED) is 0.837. The Hall–Kier alpha value is -1.32. The molecule has 1 fully saturated rings. The smallest absolute Gasteiger partial charge is 0.123 e. The monoisotopic (exact) mass is 306 g/mol. The number of hydrogen-bond acceptors (Lipinski definition) is 1. The molecule has 1 aromatic carbocycles. The predicted molar refractivity (Wildman–Crippen MR) is 84.1 cm³/mol. The minimum Gasteiger partial charge on any atom is -0.350 e. The average molecular weight is 307 g/mol. The zero-order valence-electron chi connectivity index (χ0n) is 12.2. The normalized spacial score (nSPS) is 16.1. The Bertz CT molecular complexity index is 619. The van der Waals surface area contributed by atoms with Crippen LogP contribution in [0.4, 0.5) is 4.39 Å². The van der Waals surface area contributed by atoms with Gasteiger partial charge in [0.25, 0.3) is 0 Å². The van der Waals surface area contributed by atoms with E-state index in [4.69, 9.17) is 11.6 Å². The van der Waals surface area contributed by atoms with E-state index < -0.39 is 0 Å². The maximum Gasteiger partial charge on any atom is 0.123 e. The molecular weight excluding hydrogens is 287 g/mol. The first-order chi connectivity index (χ1) is 10.2. The summed E-state index contributed by atoms with van der Waals surface area (Å²) in [5.41, 5.74) is 2.12. The Balaban J connectivity index is 1.76. The molecule has 1 aliphatic carbocycles. The lowest BCUT2D eigenvalue weighted by Crippen LogP contribution is -2.22. The number of benzene rings is 1. The fourth-order valence-corrected chi connectivity index (χ4v) is 2.99. The van der Waals surface area contributed by atoms with Gasteiger partial charge < -0.3 is 9.88 Å². The molecule has 0 spiro atoms. The van der Waals surface area contributed by atoms with Gasteiger partial charge in [0.05, 0.1) is 0 Å². The maximum absolute atomic E-state index is 13.3. The molecule has 21 heavy (non-hydrogen) atoms. The Kier molecular flexibility index (Phi) is 4.32. The summed E-state index contributed by atoms with van der Waals surface area (Å²) < 4.78 is 15.4. The molecule has 1 N–H and O–H groups in total. The lowest BCUT2D eigenvalue weighted by Gasteiger charge is -2.15. The van der Waals surface area contributed by atoms with Gasteiger partial charge in [0.15, 0.2) is 0 Å². The van der Waals surface area contributed by atoms with Gasteiger partial charge in [-0.05, 0) is 60.7 Å². The first-order valence-electron chi connectivity index (χ1n) is 7.50. The second-order valence-electron chi connectivity index (χ2n) is 5.73. The van der Waals surface area contributed by atoms with Crippen molar-refractivity contribution in [2.24, 2.45) is 5.92 Å². The summed E-state index contributed by atoms with van der Waals surface area (Å²) in [6.07, 6.45) is 6.80. The highest BCUT2D eigenvalue weighted by molar-refractivity contribution is 6.31. The van der Waals surface area contributed by atoms with Crippen LogP contribution in [0, 0.1) is 11.7 Å². The molecule has 0 amide bonds. The van der Waals surface area contributed by atoms with Gasteiger partial charge in [-0.1, -0.05) is 18.5 Å². The van der Waals surface area contributed by atoms with E-state index in [0.717, 1.165) is 18.0 Å². The largest absolute Gasteiger partial charge is 0.350 e. The fraction of sp³-hybridized carbons (Fsp3) is 0.412. The second kappa shape index (κ2) is 6.20. The number of halogens is 2. The highest BCUT2D eigenvalue weighted by Gasteiger charge is 2.32. The van der Waals surface area contributed by atoms with E-state index in [1.54, 1.807) is 6.07 Å². The summed E-state index contributed by atoms with van der Waals surface area (Å²) in [4.78, 5) is 0. The van der Waals surface area contributed by atoms with Crippen molar-refractivity contribution in [3.05, 3.63) is 58.6 Å². The van der Waals surface area contributed by atoms with Crippen LogP contribution < -0.4 is 5.32 Å². The van der Waals surface area contributed by atoms with Crippen molar-refractivity contribution >= 4 is 11.6 Å². The Morgan fingerprint density at radius 2 is 2.19 bits per heavy atom. The zero-order valence-corrected chi connectivity index (χ0v) is 12.9. The van der Waals surface area contributed by atoms with E-state index in [9.17, 15) is 4.39 Å². The summed E-state index contributed by atoms with van der Waals surface area (Å²) in [6.45, 7) is 3.71. The Labute approximate surface area is 129 Å². The number of nitrogens with zero attached hydrogens (tertiary/aromatic N) is 1. The first-order valence-corrected chi connectivity index (χ1v) is 7.88. The molecule has 0 aliphatic heterocycles. The summed E-state index contributed by atoms with van der Waals surface area (Å²) in [6, 6.07) is 7.10. The summed E-state index contributed by atoms with van der Waals surface area (Å²) in [7, 11) is 0. The van der Waals surface area contributed by atoms with Crippen LogP contribution in [0.5, 0.6) is 0 Å². The molecule has 112 valence electrons. The van der Waals surface area contributed by atoms with Crippen molar-refractivity contribution < 1.29 is 4.39 Å². The van der Waals surface area contributed by atoms with Gasteiger partial charge in [0.2, 0.25) is 0 Å². The van der Waals surface area contributed by atoms with Crippen molar-refractivity contribution in [1.29, 1.82) is 0 Å². The van der Waals surface area contributed by atoms with E-state index in [1.165, 1.54) is 30.5 Å². The molecule has 1 saturated carbocycles. The van der Waals surface area contributed by atoms with Crippen LogP contribution in [0.15, 0.2) is 36.7 Å². The van der Waals surface area contributed by atoms with Crippen LogP contribution in [0.1, 0.15) is 36.9 Å². The molecule has 1 aliphatic rings. The van der Waals surface area contributed by atoms with Gasteiger partial charge in [-0.3, -0.25) is 0 Å². The third-order valence-corrected chi connectivity index (χ3v) is 4.38. The van der Waals surface area contributed by atoms with Crippen LogP contribution in [-0.2, 0) is 6.54 Å². The molecule has 1 heterocycles. The standard InChI is InChI=1S/C17H20ClFN2/c1-2-20-17(12-3-4-12)13-7-8-21(10-13)11-14-9-15(19)5-6-16(14)18/h5-10,12,17,20H,2-4,11H2,1H3. The number of aromatic nitrogens is 1. The third-order valence-electron chi connectivity index (χ3n) is 4.01. The minimum atomic E-state index is -0.245. The maximum atomic E-state index is 13.3. The highest BCUT2D eigenvalue weighted by Crippen LogP contribution is 2.41. The van der Waals surface area contributed by atoms with Gasteiger partial charge in [0, 0.05) is 30.0 Å². The van der Waals surface area contributed by atoms with Gasteiger partial charge in [-0.15, -0.1) is 0 Å². The van der Waals surface area contributed by atoms with Gasteiger partial charge >= 0.3 is 0 Å². The van der Waals surface area contributed by atoms with E-state index in [1.807, 2.05) is 6.20 Å². The molecule has 1 aromatic heterocycles. The summed E-state index contributed by atoms with van der Waals surface area (Å²) in [5.74, 6) is 0.517. The van der Waals surface area contributed by atoms with E-state index in [2.05, 4.69) is 29.1 Å². The van der Waals surface area contributed by atoms with Crippen molar-refractivity contribution in [3.8, 4) is 0 Å². The third kappa shape index (κ3) is 3.47. The molecular formula is C17H20ClFN2.